The molecule has 35 heavy (non-hydrogen) atoms. The number of phosphoric ester groups is 1. The quantitative estimate of drug-likeness (QED) is 0.0862. The van der Waals surface area contributed by atoms with E-state index >= 15 is 0 Å². The van der Waals surface area contributed by atoms with E-state index in [-0.39, 0.29) is 32.6 Å². The van der Waals surface area contributed by atoms with Crippen LogP contribution in [-0.2, 0) is 32.7 Å². The maximum atomic E-state index is 12.2. The monoisotopic (exact) mass is 523 g/mol. The second kappa shape index (κ2) is 23.4. The lowest BCUT2D eigenvalue weighted by Gasteiger charge is -2.19. The van der Waals surface area contributed by atoms with E-state index < -0.39 is 32.5 Å². The molecule has 0 fully saturated rings. The van der Waals surface area contributed by atoms with Crippen LogP contribution in [-0.4, -0.2) is 49.3 Å². The third kappa shape index (κ3) is 23.2. The van der Waals surface area contributed by atoms with Crippen LogP contribution in [0.1, 0.15) is 117 Å². The Balaban J connectivity index is 4.08. The number of ether oxygens (including phenoxy) is 2. The minimum Gasteiger partial charge on any atom is -0.462 e. The van der Waals surface area contributed by atoms with Crippen molar-refractivity contribution in [3.05, 3.63) is 0 Å². The molecule has 0 bridgehead atoms. The lowest BCUT2D eigenvalue weighted by atomic mass is 10.0. The summed E-state index contributed by atoms with van der Waals surface area (Å²) in [5.74, 6) is -0.888. The lowest BCUT2D eigenvalue weighted by molar-refractivity contribution is -0.161. The van der Waals surface area contributed by atoms with Gasteiger partial charge in [-0.15, -0.1) is 0 Å². The van der Waals surface area contributed by atoms with Crippen LogP contribution >= 0.6 is 7.82 Å². The highest BCUT2D eigenvalue weighted by atomic mass is 31.2. The number of esters is 2. The molecule has 0 aromatic carbocycles. The van der Waals surface area contributed by atoms with Crippen molar-refractivity contribution in [3.8, 4) is 0 Å². The summed E-state index contributed by atoms with van der Waals surface area (Å²) in [4.78, 5) is 33.5. The number of carbonyl (C=O) groups excluding carboxylic acids is 2. The van der Waals surface area contributed by atoms with Crippen LogP contribution in [0.4, 0.5) is 0 Å². The maximum Gasteiger partial charge on any atom is 0.472 e. The zero-order chi connectivity index (χ0) is 26.2. The summed E-state index contributed by atoms with van der Waals surface area (Å²) >= 11 is 0. The Morgan fingerprint density at radius 1 is 0.743 bits per heavy atom. The van der Waals surface area contributed by atoms with Gasteiger partial charge in [0, 0.05) is 19.4 Å². The number of nitrogens with two attached hydrogens (primary N) is 1. The van der Waals surface area contributed by atoms with Crippen molar-refractivity contribution >= 4 is 19.8 Å². The number of hydrogen-bond acceptors (Lipinski definition) is 8. The van der Waals surface area contributed by atoms with Crippen molar-refractivity contribution in [2.45, 2.75) is 123 Å². The van der Waals surface area contributed by atoms with Gasteiger partial charge in [-0.05, 0) is 12.8 Å². The number of unbranched alkanes of at least 4 members (excludes halogenated alkanes) is 12. The lowest BCUT2D eigenvalue weighted by Crippen LogP contribution is -2.29. The number of phosphoric acid groups is 1. The van der Waals surface area contributed by atoms with Gasteiger partial charge in [0.25, 0.3) is 0 Å². The van der Waals surface area contributed by atoms with Gasteiger partial charge in [-0.3, -0.25) is 18.6 Å². The Labute approximate surface area is 212 Å². The van der Waals surface area contributed by atoms with Crippen molar-refractivity contribution < 1.29 is 37.6 Å². The Hall–Kier alpha value is -0.990. The van der Waals surface area contributed by atoms with E-state index in [4.69, 9.17) is 19.7 Å². The highest BCUT2D eigenvalue weighted by Crippen LogP contribution is 2.43. The summed E-state index contributed by atoms with van der Waals surface area (Å²) in [6.07, 6.45) is 15.9. The Kier molecular flexibility index (Phi) is 22.7. The molecule has 0 saturated heterocycles. The smallest absolute Gasteiger partial charge is 0.462 e. The van der Waals surface area contributed by atoms with E-state index in [1.165, 1.54) is 64.2 Å². The van der Waals surface area contributed by atoms with Gasteiger partial charge < -0.3 is 20.1 Å². The molecule has 0 aromatic heterocycles. The van der Waals surface area contributed by atoms with Crippen molar-refractivity contribution in [2.24, 2.45) is 5.73 Å². The average molecular weight is 524 g/mol. The molecule has 0 aliphatic carbocycles. The summed E-state index contributed by atoms with van der Waals surface area (Å²) in [7, 11) is -4.33. The minimum atomic E-state index is -4.33. The molecule has 0 spiro atoms. The molecule has 0 amide bonds. The summed E-state index contributed by atoms with van der Waals surface area (Å²) in [6, 6.07) is 0. The SMILES string of the molecule is CCCCCCCCCCCCCCCC(=O)OC(COC(=O)CCC)COP(=O)(O)OCCN. The Bertz CT molecular complexity index is 576. The van der Waals surface area contributed by atoms with Crippen LogP contribution in [0, 0.1) is 0 Å². The molecule has 0 radical (unpaired) electrons. The zero-order valence-corrected chi connectivity index (χ0v) is 22.9. The molecule has 0 aliphatic heterocycles. The molecule has 208 valence electrons. The number of carbonyl (C=O) groups is 2. The van der Waals surface area contributed by atoms with Crippen LogP contribution in [0.5, 0.6) is 0 Å². The van der Waals surface area contributed by atoms with E-state index in [0.717, 1.165) is 12.8 Å². The predicted octanol–water partition coefficient (Wildman–Crippen LogP) is 5.82. The molecule has 0 aliphatic rings. The molecule has 2 unspecified atom stereocenters. The van der Waals surface area contributed by atoms with Crippen molar-refractivity contribution in [3.63, 3.8) is 0 Å². The van der Waals surface area contributed by atoms with Gasteiger partial charge in [0.15, 0.2) is 6.10 Å². The summed E-state index contributed by atoms with van der Waals surface area (Å²) in [6.45, 7) is 3.31. The van der Waals surface area contributed by atoms with Gasteiger partial charge in [-0.25, -0.2) is 4.57 Å². The minimum absolute atomic E-state index is 0.0556. The van der Waals surface area contributed by atoms with Gasteiger partial charge in [0.1, 0.15) is 6.61 Å². The van der Waals surface area contributed by atoms with Gasteiger partial charge in [0.05, 0.1) is 13.2 Å². The molecule has 0 saturated carbocycles. The van der Waals surface area contributed by atoms with Crippen molar-refractivity contribution in [1.82, 2.24) is 0 Å². The normalized spacial score (nSPS) is 13.8. The molecule has 9 nitrogen and oxygen atoms in total. The fraction of sp³-hybridized carbons (Fsp3) is 0.920. The number of hydrogen-bond donors (Lipinski definition) is 2. The van der Waals surface area contributed by atoms with Crippen LogP contribution in [0.3, 0.4) is 0 Å². The van der Waals surface area contributed by atoms with Gasteiger partial charge in [-0.2, -0.15) is 0 Å². The second-order valence-corrected chi connectivity index (χ2v) is 10.4. The van der Waals surface area contributed by atoms with Crippen molar-refractivity contribution in [2.75, 3.05) is 26.4 Å². The van der Waals surface area contributed by atoms with Gasteiger partial charge in [-0.1, -0.05) is 90.9 Å². The highest BCUT2D eigenvalue weighted by molar-refractivity contribution is 7.47. The summed E-state index contributed by atoms with van der Waals surface area (Å²) in [5.41, 5.74) is 5.25. The van der Waals surface area contributed by atoms with E-state index in [1.54, 1.807) is 0 Å². The van der Waals surface area contributed by atoms with E-state index in [2.05, 4.69) is 11.4 Å². The molecular formula is C25H50NO8P. The topological polar surface area (TPSA) is 134 Å². The van der Waals surface area contributed by atoms with E-state index in [1.807, 2.05) is 6.92 Å². The Morgan fingerprint density at radius 2 is 1.29 bits per heavy atom. The Morgan fingerprint density at radius 3 is 1.80 bits per heavy atom. The molecular weight excluding hydrogens is 473 g/mol. The predicted molar refractivity (Wildman–Crippen MR) is 137 cm³/mol. The standard InChI is InChI=1S/C25H50NO8P/c1-3-5-6-7-8-9-10-11-12-13-14-15-16-18-25(28)34-23(21-31-24(27)17-4-2)22-33-35(29,30)32-20-19-26/h23H,3-22,26H2,1-2H3,(H,29,30). The van der Waals surface area contributed by atoms with E-state index in [0.29, 0.717) is 12.8 Å². The van der Waals surface area contributed by atoms with Gasteiger partial charge in [0.2, 0.25) is 0 Å². The first-order chi connectivity index (χ1) is 16.8. The largest absolute Gasteiger partial charge is 0.472 e. The fourth-order valence-electron chi connectivity index (χ4n) is 3.49. The summed E-state index contributed by atoms with van der Waals surface area (Å²) < 4.78 is 31.8. The summed E-state index contributed by atoms with van der Waals surface area (Å²) in [5, 5.41) is 0. The van der Waals surface area contributed by atoms with Crippen LogP contribution in [0.15, 0.2) is 0 Å². The first-order valence-electron chi connectivity index (χ1n) is 13.5. The molecule has 0 rings (SSSR count). The van der Waals surface area contributed by atoms with Crippen molar-refractivity contribution in [1.29, 1.82) is 0 Å². The molecule has 0 heterocycles. The second-order valence-electron chi connectivity index (χ2n) is 8.92. The van der Waals surface area contributed by atoms with Crippen LogP contribution in [0.2, 0.25) is 0 Å². The molecule has 0 aromatic rings. The maximum absolute atomic E-state index is 12.2. The third-order valence-electron chi connectivity index (χ3n) is 5.46. The average Bonchev–Trinajstić information content (AvgIpc) is 2.82. The van der Waals surface area contributed by atoms with Crippen LogP contribution in [0.25, 0.3) is 0 Å². The first-order valence-corrected chi connectivity index (χ1v) is 15.0. The van der Waals surface area contributed by atoms with Gasteiger partial charge >= 0.3 is 19.8 Å². The third-order valence-corrected chi connectivity index (χ3v) is 6.45. The van der Waals surface area contributed by atoms with E-state index in [9.17, 15) is 19.0 Å². The fourth-order valence-corrected chi connectivity index (χ4v) is 4.26. The first kappa shape index (κ1) is 34.0. The molecule has 10 heteroatoms. The highest BCUT2D eigenvalue weighted by Gasteiger charge is 2.25. The number of rotatable bonds is 25. The van der Waals surface area contributed by atoms with Crippen LogP contribution < -0.4 is 5.73 Å². The molecule has 3 N–H and O–H groups in total. The zero-order valence-electron chi connectivity index (χ0n) is 22.0. The molecule has 2 atom stereocenters.